The van der Waals surface area contributed by atoms with Crippen LogP contribution in [0.2, 0.25) is 0 Å². The summed E-state index contributed by atoms with van der Waals surface area (Å²) in [7, 11) is 0. The largest absolute Gasteiger partial charge is 0.492 e. The van der Waals surface area contributed by atoms with Crippen LogP contribution in [-0.2, 0) is 0 Å². The minimum Gasteiger partial charge on any atom is -0.492 e. The first-order valence-corrected chi connectivity index (χ1v) is 7.82. The Bertz CT molecular complexity index is 400. The Morgan fingerprint density at radius 3 is 2.90 bits per heavy atom. The molecule has 112 valence electrons. The molecule has 3 nitrogen and oxygen atoms in total. The van der Waals surface area contributed by atoms with Gasteiger partial charge in [0.25, 0.3) is 0 Å². The molecular formula is C17H28N2O. The van der Waals surface area contributed by atoms with Crippen molar-refractivity contribution in [1.29, 1.82) is 0 Å². The van der Waals surface area contributed by atoms with Crippen LogP contribution in [-0.4, -0.2) is 43.2 Å². The third-order valence-corrected chi connectivity index (χ3v) is 3.98. The number of benzene rings is 1. The van der Waals surface area contributed by atoms with E-state index in [1.807, 2.05) is 12.1 Å². The highest BCUT2D eigenvalue weighted by Crippen LogP contribution is 2.13. The van der Waals surface area contributed by atoms with E-state index in [0.717, 1.165) is 25.4 Å². The average Bonchev–Trinajstić information content (AvgIpc) is 2.90. The molecule has 0 aromatic heterocycles. The van der Waals surface area contributed by atoms with Crippen molar-refractivity contribution < 1.29 is 4.74 Å². The van der Waals surface area contributed by atoms with E-state index in [1.165, 1.54) is 24.9 Å². The van der Waals surface area contributed by atoms with Crippen LogP contribution in [0.15, 0.2) is 24.3 Å². The summed E-state index contributed by atoms with van der Waals surface area (Å²) in [5, 5.41) is 3.58. The Hall–Kier alpha value is -1.06. The molecule has 1 atom stereocenters. The Morgan fingerprint density at radius 2 is 2.25 bits per heavy atom. The van der Waals surface area contributed by atoms with E-state index in [-0.39, 0.29) is 0 Å². The van der Waals surface area contributed by atoms with Crippen LogP contribution in [0.25, 0.3) is 0 Å². The molecule has 1 saturated heterocycles. The van der Waals surface area contributed by atoms with Crippen LogP contribution in [0, 0.1) is 6.92 Å². The van der Waals surface area contributed by atoms with Crippen LogP contribution >= 0.6 is 0 Å². The Morgan fingerprint density at radius 1 is 1.40 bits per heavy atom. The van der Waals surface area contributed by atoms with Gasteiger partial charge in [0.15, 0.2) is 0 Å². The smallest absolute Gasteiger partial charge is 0.119 e. The maximum Gasteiger partial charge on any atom is 0.119 e. The van der Waals surface area contributed by atoms with Crippen molar-refractivity contribution in [2.45, 2.75) is 45.7 Å². The van der Waals surface area contributed by atoms with Gasteiger partial charge in [0.2, 0.25) is 0 Å². The second kappa shape index (κ2) is 7.65. The molecule has 1 fully saturated rings. The van der Waals surface area contributed by atoms with Crippen molar-refractivity contribution in [3.05, 3.63) is 29.8 Å². The summed E-state index contributed by atoms with van der Waals surface area (Å²) >= 11 is 0. The average molecular weight is 276 g/mol. The van der Waals surface area contributed by atoms with Gasteiger partial charge in [-0.1, -0.05) is 12.1 Å². The highest BCUT2D eigenvalue weighted by atomic mass is 16.5. The maximum atomic E-state index is 5.87. The van der Waals surface area contributed by atoms with Gasteiger partial charge in [0.1, 0.15) is 12.4 Å². The molecule has 1 aromatic carbocycles. The number of nitrogens with one attached hydrogen (secondary N) is 1. The minimum atomic E-state index is 0.568. The summed E-state index contributed by atoms with van der Waals surface area (Å²) in [6, 6.07) is 9.51. The molecule has 0 radical (unpaired) electrons. The molecule has 0 bridgehead atoms. The van der Waals surface area contributed by atoms with Crippen molar-refractivity contribution in [3.8, 4) is 5.75 Å². The second-order valence-corrected chi connectivity index (χ2v) is 6.05. The first-order valence-electron chi connectivity index (χ1n) is 7.82. The summed E-state index contributed by atoms with van der Waals surface area (Å²) < 4.78 is 5.87. The van der Waals surface area contributed by atoms with Crippen molar-refractivity contribution >= 4 is 0 Å². The van der Waals surface area contributed by atoms with Crippen LogP contribution in [0.4, 0.5) is 0 Å². The third kappa shape index (κ3) is 4.80. The van der Waals surface area contributed by atoms with Gasteiger partial charge < -0.3 is 10.1 Å². The van der Waals surface area contributed by atoms with Crippen molar-refractivity contribution in [2.24, 2.45) is 0 Å². The van der Waals surface area contributed by atoms with E-state index in [9.17, 15) is 0 Å². The zero-order valence-corrected chi connectivity index (χ0v) is 13.1. The van der Waals surface area contributed by atoms with Crippen molar-refractivity contribution in [3.63, 3.8) is 0 Å². The highest BCUT2D eigenvalue weighted by molar-refractivity contribution is 5.27. The van der Waals surface area contributed by atoms with Crippen LogP contribution < -0.4 is 10.1 Å². The number of hydrogen-bond donors (Lipinski definition) is 1. The quantitative estimate of drug-likeness (QED) is 0.829. The molecule has 1 heterocycles. The van der Waals surface area contributed by atoms with Gasteiger partial charge in [-0.3, -0.25) is 4.90 Å². The summed E-state index contributed by atoms with van der Waals surface area (Å²) in [5.41, 5.74) is 1.25. The lowest BCUT2D eigenvalue weighted by atomic mass is 10.2. The predicted molar refractivity (Wildman–Crippen MR) is 84.4 cm³/mol. The highest BCUT2D eigenvalue weighted by Gasteiger charge is 2.19. The first-order chi connectivity index (χ1) is 9.65. The molecule has 1 N–H and O–H groups in total. The zero-order valence-electron chi connectivity index (χ0n) is 13.1. The fraction of sp³-hybridized carbons (Fsp3) is 0.647. The van der Waals surface area contributed by atoms with Gasteiger partial charge in [0.05, 0.1) is 0 Å². The molecule has 1 aliphatic rings. The molecule has 0 saturated carbocycles. The number of aryl methyl sites for hydroxylation is 1. The molecule has 2 rings (SSSR count). The van der Waals surface area contributed by atoms with E-state index >= 15 is 0 Å². The van der Waals surface area contributed by atoms with Crippen LogP contribution in [0.3, 0.4) is 0 Å². The number of hydrogen-bond acceptors (Lipinski definition) is 3. The first kappa shape index (κ1) is 15.3. The van der Waals surface area contributed by atoms with Crippen LogP contribution in [0.1, 0.15) is 32.3 Å². The zero-order chi connectivity index (χ0) is 14.4. The molecule has 1 aliphatic heterocycles. The fourth-order valence-corrected chi connectivity index (χ4v) is 2.74. The van der Waals surface area contributed by atoms with Gasteiger partial charge in [-0.15, -0.1) is 0 Å². The molecule has 1 aromatic rings. The molecule has 0 spiro atoms. The van der Waals surface area contributed by atoms with Gasteiger partial charge >= 0.3 is 0 Å². The second-order valence-electron chi connectivity index (χ2n) is 6.05. The fourth-order valence-electron chi connectivity index (χ4n) is 2.74. The van der Waals surface area contributed by atoms with Gasteiger partial charge in [0, 0.05) is 25.2 Å². The topological polar surface area (TPSA) is 24.5 Å². The summed E-state index contributed by atoms with van der Waals surface area (Å²) in [5.74, 6) is 0.979. The Balaban J connectivity index is 1.76. The summed E-state index contributed by atoms with van der Waals surface area (Å²) in [6.07, 6.45) is 2.62. The lowest BCUT2D eigenvalue weighted by molar-refractivity contribution is 0.164. The standard InChI is InChI=1S/C17H28N2O/c1-14(2)19(13-16-7-5-9-18-16)10-11-20-17-8-4-6-15(3)12-17/h4,6,8,12,14,16,18H,5,7,9-11,13H2,1-3H3. The number of nitrogens with zero attached hydrogens (tertiary/aromatic N) is 1. The van der Waals surface area contributed by atoms with E-state index < -0.39 is 0 Å². The molecule has 20 heavy (non-hydrogen) atoms. The van der Waals surface area contributed by atoms with E-state index in [1.54, 1.807) is 0 Å². The lowest BCUT2D eigenvalue weighted by Gasteiger charge is -2.29. The maximum absolute atomic E-state index is 5.87. The van der Waals surface area contributed by atoms with Gasteiger partial charge in [-0.05, 0) is 57.9 Å². The Kier molecular flexibility index (Phi) is 5.86. The normalized spacial score (nSPS) is 18.9. The van der Waals surface area contributed by atoms with E-state index in [0.29, 0.717) is 12.1 Å². The molecule has 0 amide bonds. The Labute approximate surface area is 123 Å². The number of ether oxygens (including phenoxy) is 1. The minimum absolute atomic E-state index is 0.568. The van der Waals surface area contributed by atoms with Crippen molar-refractivity contribution in [1.82, 2.24) is 10.2 Å². The predicted octanol–water partition coefficient (Wildman–Crippen LogP) is 2.84. The molecule has 1 unspecified atom stereocenters. The molecule has 3 heteroatoms. The van der Waals surface area contributed by atoms with Gasteiger partial charge in [-0.2, -0.15) is 0 Å². The van der Waals surface area contributed by atoms with E-state index in [2.05, 4.69) is 43.1 Å². The monoisotopic (exact) mass is 276 g/mol. The number of rotatable bonds is 7. The van der Waals surface area contributed by atoms with Crippen LogP contribution in [0.5, 0.6) is 5.75 Å². The summed E-state index contributed by atoms with van der Waals surface area (Å²) in [6.45, 7) is 10.7. The molecular weight excluding hydrogens is 248 g/mol. The summed E-state index contributed by atoms with van der Waals surface area (Å²) in [4.78, 5) is 2.51. The van der Waals surface area contributed by atoms with E-state index in [4.69, 9.17) is 4.74 Å². The molecule has 0 aliphatic carbocycles. The van der Waals surface area contributed by atoms with Crippen molar-refractivity contribution in [2.75, 3.05) is 26.2 Å². The van der Waals surface area contributed by atoms with Gasteiger partial charge in [-0.25, -0.2) is 0 Å². The lowest BCUT2D eigenvalue weighted by Crippen LogP contribution is -2.43. The third-order valence-electron chi connectivity index (χ3n) is 3.98. The SMILES string of the molecule is Cc1cccc(OCCN(CC2CCCN2)C(C)C)c1.